The van der Waals surface area contributed by atoms with Crippen molar-refractivity contribution >= 4 is 17.9 Å². The number of allylic oxidation sites excluding steroid dienone is 1. The average Bonchev–Trinajstić information content (AvgIpc) is 3.27. The minimum absolute atomic E-state index is 0.105. The molecule has 12 nitrogen and oxygen atoms in total. The first-order valence-electron chi connectivity index (χ1n) is 17.8. The van der Waals surface area contributed by atoms with Gasteiger partial charge < -0.3 is 39.4 Å². The van der Waals surface area contributed by atoms with E-state index in [9.17, 15) is 34.8 Å². The lowest BCUT2D eigenvalue weighted by Gasteiger charge is -2.64. The molecule has 4 bridgehead atoms. The number of aliphatic hydroxyl groups excluding tert-OH is 1. The molecule has 0 unspecified atom stereocenters. The largest absolute Gasteiger partial charge is 0.462 e. The first-order chi connectivity index (χ1) is 22.4. The molecule has 7 rings (SSSR count). The van der Waals surface area contributed by atoms with E-state index in [1.54, 1.807) is 26.8 Å². The summed E-state index contributed by atoms with van der Waals surface area (Å²) >= 11 is 0. The summed E-state index contributed by atoms with van der Waals surface area (Å²) in [6.07, 6.45) is -0.515. The van der Waals surface area contributed by atoms with Crippen molar-refractivity contribution in [3.8, 4) is 0 Å². The first-order valence-corrected chi connectivity index (χ1v) is 17.8. The molecule has 3 heterocycles. The van der Waals surface area contributed by atoms with E-state index < -0.39 is 99.9 Å². The minimum atomic E-state index is -1.98. The van der Waals surface area contributed by atoms with Gasteiger partial charge in [0.1, 0.15) is 11.7 Å². The fourth-order valence-electron chi connectivity index (χ4n) is 12.5. The molecule has 48 heavy (non-hydrogen) atoms. The second kappa shape index (κ2) is 11.0. The number of carbonyl (C=O) groups excluding carboxylic acids is 3. The van der Waals surface area contributed by atoms with Gasteiger partial charge in [-0.05, 0) is 77.0 Å². The Morgan fingerprint density at radius 2 is 1.65 bits per heavy atom. The molecule has 7 aliphatic rings. The summed E-state index contributed by atoms with van der Waals surface area (Å²) in [4.78, 5) is 40.7. The fraction of sp³-hybridized carbons (Fsp3) is 0.861. The lowest BCUT2D eigenvalue weighted by Crippen LogP contribution is -2.77. The zero-order valence-electron chi connectivity index (χ0n) is 29.2. The van der Waals surface area contributed by atoms with Gasteiger partial charge in [0.25, 0.3) is 0 Å². The van der Waals surface area contributed by atoms with Gasteiger partial charge in [-0.15, -0.1) is 0 Å². The molecule has 268 valence electrons. The van der Waals surface area contributed by atoms with Crippen LogP contribution in [0.1, 0.15) is 87.0 Å². The Morgan fingerprint density at radius 3 is 2.29 bits per heavy atom. The number of fused-ring (bicyclic) bond motifs is 5. The number of rotatable bonds is 4. The molecule has 7 fully saturated rings. The second-order valence-corrected chi connectivity index (χ2v) is 16.8. The maximum atomic E-state index is 13.5. The molecule has 4 N–H and O–H groups in total. The SMILES string of the molecule is C/C=C(\C)C(=O)O[C@@H]1[C@@H](O)[C@H]2[C@H](CN3C[C@H](C)CC[C@H]3[C@]2(C)O)[C@@H]2C[C@]34O[C@]5(O)[C@@H](OC(C)=O)CC[C@@]3(C)[C@@H]5C[C@H](OC(C)=O)[C@H]4[C@@]12O. The monoisotopic (exact) mass is 675 g/mol. The lowest BCUT2D eigenvalue weighted by atomic mass is 9.49. The Kier molecular flexibility index (Phi) is 7.84. The van der Waals surface area contributed by atoms with Gasteiger partial charge in [-0.1, -0.05) is 19.9 Å². The molecule has 3 aliphatic heterocycles. The number of nitrogens with zero attached hydrogens (tertiary/aromatic N) is 1. The smallest absolute Gasteiger partial charge is 0.333 e. The molecule has 0 aromatic heterocycles. The molecule has 4 saturated carbocycles. The van der Waals surface area contributed by atoms with Crippen LogP contribution >= 0.6 is 0 Å². The number of piperidine rings is 2. The summed E-state index contributed by atoms with van der Waals surface area (Å²) in [5.41, 5.74) is -5.15. The van der Waals surface area contributed by atoms with Crippen molar-refractivity contribution in [2.75, 3.05) is 13.1 Å². The minimum Gasteiger partial charge on any atom is -0.462 e. The molecule has 1 spiro atoms. The topological polar surface area (TPSA) is 172 Å². The van der Waals surface area contributed by atoms with E-state index in [0.29, 0.717) is 30.9 Å². The van der Waals surface area contributed by atoms with Crippen molar-refractivity contribution in [1.82, 2.24) is 4.90 Å². The number of ether oxygens (including phenoxy) is 4. The molecule has 4 aliphatic carbocycles. The van der Waals surface area contributed by atoms with E-state index in [0.717, 1.165) is 19.4 Å². The van der Waals surface area contributed by atoms with Crippen LogP contribution < -0.4 is 0 Å². The van der Waals surface area contributed by atoms with Crippen LogP contribution in [-0.4, -0.2) is 109 Å². The van der Waals surface area contributed by atoms with E-state index in [1.807, 2.05) is 6.92 Å². The summed E-state index contributed by atoms with van der Waals surface area (Å²) in [6, 6.07) is -0.228. The van der Waals surface area contributed by atoms with Crippen LogP contribution in [0, 0.1) is 40.9 Å². The van der Waals surface area contributed by atoms with Gasteiger partial charge in [0.05, 0.1) is 23.2 Å². The number of hydrogen-bond acceptors (Lipinski definition) is 12. The summed E-state index contributed by atoms with van der Waals surface area (Å²) in [5.74, 6) is -6.90. The first kappa shape index (κ1) is 34.4. The third-order valence-electron chi connectivity index (χ3n) is 14.4. The van der Waals surface area contributed by atoms with Crippen molar-refractivity contribution in [3.05, 3.63) is 11.6 Å². The predicted octanol–water partition coefficient (Wildman–Crippen LogP) is 1.84. The summed E-state index contributed by atoms with van der Waals surface area (Å²) in [6.45, 7) is 13.1. The van der Waals surface area contributed by atoms with E-state index in [2.05, 4.69) is 11.8 Å². The highest BCUT2D eigenvalue weighted by Gasteiger charge is 2.87. The molecular formula is C36H53NO11. The summed E-state index contributed by atoms with van der Waals surface area (Å²) in [5, 5.41) is 50.8. The lowest BCUT2D eigenvalue weighted by molar-refractivity contribution is -0.299. The van der Waals surface area contributed by atoms with Crippen molar-refractivity contribution in [2.45, 2.75) is 140 Å². The Morgan fingerprint density at radius 1 is 0.958 bits per heavy atom. The third kappa shape index (κ3) is 4.31. The van der Waals surface area contributed by atoms with Gasteiger partial charge in [0.15, 0.2) is 12.2 Å². The number of aliphatic hydroxyl groups is 4. The van der Waals surface area contributed by atoms with Crippen LogP contribution in [0.25, 0.3) is 0 Å². The van der Waals surface area contributed by atoms with E-state index in [1.165, 1.54) is 13.8 Å². The van der Waals surface area contributed by atoms with Crippen LogP contribution in [0.15, 0.2) is 11.6 Å². The molecule has 0 aromatic rings. The summed E-state index contributed by atoms with van der Waals surface area (Å²) in [7, 11) is 0. The molecule has 0 radical (unpaired) electrons. The Balaban J connectivity index is 1.42. The highest BCUT2D eigenvalue weighted by molar-refractivity contribution is 5.87. The zero-order chi connectivity index (χ0) is 34.9. The Hall–Kier alpha value is -2.09. The average molecular weight is 676 g/mol. The zero-order valence-corrected chi connectivity index (χ0v) is 29.2. The molecule has 12 heteroatoms. The van der Waals surface area contributed by atoms with Gasteiger partial charge in [-0.3, -0.25) is 14.5 Å². The summed E-state index contributed by atoms with van der Waals surface area (Å²) < 4.78 is 24.7. The molecule has 3 saturated heterocycles. The van der Waals surface area contributed by atoms with Crippen molar-refractivity contribution < 1.29 is 53.8 Å². The Labute approximate surface area is 282 Å². The van der Waals surface area contributed by atoms with Crippen molar-refractivity contribution in [1.29, 1.82) is 0 Å². The number of esters is 3. The van der Waals surface area contributed by atoms with Gasteiger partial charge in [-0.2, -0.15) is 0 Å². The highest BCUT2D eigenvalue weighted by atomic mass is 16.7. The van der Waals surface area contributed by atoms with E-state index in [4.69, 9.17) is 18.9 Å². The van der Waals surface area contributed by atoms with Gasteiger partial charge in [-0.25, -0.2) is 4.79 Å². The van der Waals surface area contributed by atoms with E-state index >= 15 is 0 Å². The maximum absolute atomic E-state index is 13.5. The predicted molar refractivity (Wildman–Crippen MR) is 169 cm³/mol. The van der Waals surface area contributed by atoms with Crippen molar-refractivity contribution in [2.24, 2.45) is 40.9 Å². The van der Waals surface area contributed by atoms with Crippen LogP contribution in [0.2, 0.25) is 0 Å². The second-order valence-electron chi connectivity index (χ2n) is 16.8. The van der Waals surface area contributed by atoms with Crippen LogP contribution in [0.5, 0.6) is 0 Å². The molecule has 0 amide bonds. The fourth-order valence-corrected chi connectivity index (χ4v) is 12.5. The molecule has 16 atom stereocenters. The number of carbonyl (C=O) groups is 3. The standard InChI is InChI=1S/C36H53NO11/c1-8-18(3)31(41)47-30-28(40)27-21(16-37-15-17(2)9-10-25(37)33(27,7)42)22-14-34-29(35(22,30)43)23(45-19(4)38)13-24-32(34,6)12-11-26(46-20(5)39)36(24,44)48-34/h8,17,21-30,40,42-44H,9-16H2,1-7H3/b18-8+/t17-,21-,22+,23+,24+,25+,26+,27-,28+,29-,30-,32+,33+,34-,35-,36+/m1/s1. The van der Waals surface area contributed by atoms with Crippen molar-refractivity contribution in [3.63, 3.8) is 0 Å². The normalized spacial score (nSPS) is 53.9. The van der Waals surface area contributed by atoms with Gasteiger partial charge in [0.2, 0.25) is 5.79 Å². The van der Waals surface area contributed by atoms with Crippen LogP contribution in [0.3, 0.4) is 0 Å². The van der Waals surface area contributed by atoms with Crippen LogP contribution in [-0.2, 0) is 33.3 Å². The quantitative estimate of drug-likeness (QED) is 0.194. The highest BCUT2D eigenvalue weighted by Crippen LogP contribution is 2.77. The Bertz CT molecular complexity index is 1420. The molecular weight excluding hydrogens is 622 g/mol. The maximum Gasteiger partial charge on any atom is 0.333 e. The van der Waals surface area contributed by atoms with Gasteiger partial charge in [0, 0.05) is 55.8 Å². The van der Waals surface area contributed by atoms with Crippen LogP contribution in [0.4, 0.5) is 0 Å². The third-order valence-corrected chi connectivity index (χ3v) is 14.4. The molecule has 0 aromatic carbocycles. The number of hydrogen-bond donors (Lipinski definition) is 4. The van der Waals surface area contributed by atoms with E-state index in [-0.39, 0.29) is 18.9 Å². The van der Waals surface area contributed by atoms with Gasteiger partial charge >= 0.3 is 17.9 Å².